The van der Waals surface area contributed by atoms with Crippen LogP contribution in [-0.2, 0) is 0 Å². The summed E-state index contributed by atoms with van der Waals surface area (Å²) in [7, 11) is 0. The maximum absolute atomic E-state index is 11.8. The van der Waals surface area contributed by atoms with E-state index >= 15 is 0 Å². The number of quaternary nitrogens is 1. The number of rotatable bonds is 6. The largest absolute Gasteiger partial charge is 0.334 e. The smallest absolute Gasteiger partial charge is 0.326 e. The number of hydrogen-bond donors (Lipinski definition) is 3. The highest BCUT2D eigenvalue weighted by Gasteiger charge is 2.14. The van der Waals surface area contributed by atoms with Crippen molar-refractivity contribution in [3.05, 3.63) is 17.5 Å². The lowest BCUT2D eigenvalue weighted by molar-refractivity contribution is -0.902. The van der Waals surface area contributed by atoms with Crippen LogP contribution in [0.25, 0.3) is 0 Å². The number of carbonyl (C=O) groups excluding carboxylic acids is 1. The van der Waals surface area contributed by atoms with Gasteiger partial charge in [-0.1, -0.05) is 23.1 Å². The number of nitrogens with zero attached hydrogens (tertiary/aromatic N) is 2. The van der Waals surface area contributed by atoms with Crippen molar-refractivity contribution >= 4 is 50.6 Å². The van der Waals surface area contributed by atoms with Crippen molar-refractivity contribution in [3.8, 4) is 0 Å². The number of likely N-dealkylation sites (tertiary alicyclic amines) is 1. The third-order valence-electron chi connectivity index (χ3n) is 3.63. The molecule has 1 aliphatic rings. The maximum Gasteiger partial charge on any atom is 0.326 e. The number of carbonyl (C=O) groups is 1. The zero-order valence-corrected chi connectivity index (χ0v) is 15.2. The predicted molar refractivity (Wildman–Crippen MR) is 97.0 cm³/mol. The van der Waals surface area contributed by atoms with Crippen molar-refractivity contribution in [1.82, 2.24) is 10.2 Å². The summed E-state index contributed by atoms with van der Waals surface area (Å²) in [6, 6.07) is 3.47. The molecular formula is C14H20N5OS3+. The molecule has 1 saturated heterocycles. The number of hydrogen-bond acceptors (Lipinski definition) is 6. The zero-order chi connectivity index (χ0) is 15.9. The molecule has 2 amide bonds. The van der Waals surface area contributed by atoms with Gasteiger partial charge in [0.2, 0.25) is 5.13 Å². The van der Waals surface area contributed by atoms with Crippen LogP contribution in [0.15, 0.2) is 21.9 Å². The maximum atomic E-state index is 11.8. The van der Waals surface area contributed by atoms with Gasteiger partial charge in [0.15, 0.2) is 4.34 Å². The van der Waals surface area contributed by atoms with Crippen molar-refractivity contribution in [2.75, 3.05) is 36.0 Å². The SMILES string of the molecule is O=C(Nc1cccs1)Nc1nnc(SCC[NH+]2CCCCC2)s1. The Hall–Kier alpha value is -1.16. The van der Waals surface area contributed by atoms with E-state index in [9.17, 15) is 4.79 Å². The van der Waals surface area contributed by atoms with Crippen molar-refractivity contribution in [2.24, 2.45) is 0 Å². The van der Waals surface area contributed by atoms with Crippen molar-refractivity contribution in [2.45, 2.75) is 23.6 Å². The van der Waals surface area contributed by atoms with Crippen molar-refractivity contribution in [3.63, 3.8) is 0 Å². The first-order valence-electron chi connectivity index (χ1n) is 7.71. The molecule has 2 aromatic heterocycles. The van der Waals surface area contributed by atoms with E-state index in [1.807, 2.05) is 17.5 Å². The molecule has 3 rings (SSSR count). The van der Waals surface area contributed by atoms with Gasteiger partial charge in [0.1, 0.15) is 0 Å². The van der Waals surface area contributed by atoms with E-state index in [1.54, 1.807) is 16.7 Å². The molecule has 3 heterocycles. The van der Waals surface area contributed by atoms with Crippen molar-refractivity contribution in [1.29, 1.82) is 0 Å². The summed E-state index contributed by atoms with van der Waals surface area (Å²) in [4.78, 5) is 13.5. The summed E-state index contributed by atoms with van der Waals surface area (Å²) in [6.45, 7) is 3.77. The van der Waals surface area contributed by atoms with Gasteiger partial charge in [0.05, 0.1) is 24.6 Å². The Morgan fingerprint density at radius 3 is 2.91 bits per heavy atom. The van der Waals surface area contributed by atoms with Gasteiger partial charge in [0.25, 0.3) is 0 Å². The van der Waals surface area contributed by atoms with Gasteiger partial charge in [-0.15, -0.1) is 21.5 Å². The molecule has 0 radical (unpaired) electrons. The molecule has 1 fully saturated rings. The van der Waals surface area contributed by atoms with Crippen LogP contribution in [0.4, 0.5) is 14.9 Å². The minimum Gasteiger partial charge on any atom is -0.334 e. The van der Waals surface area contributed by atoms with Gasteiger partial charge < -0.3 is 4.90 Å². The molecule has 2 aromatic rings. The number of thiophene rings is 1. The number of urea groups is 1. The zero-order valence-electron chi connectivity index (χ0n) is 12.7. The molecule has 0 atom stereocenters. The summed E-state index contributed by atoms with van der Waals surface area (Å²) in [5.41, 5.74) is 0. The van der Waals surface area contributed by atoms with E-state index in [-0.39, 0.29) is 6.03 Å². The average Bonchev–Trinajstić information content (AvgIpc) is 3.20. The number of thioether (sulfide) groups is 1. The van der Waals surface area contributed by atoms with Gasteiger partial charge in [-0.25, -0.2) is 4.79 Å². The molecule has 0 unspecified atom stereocenters. The summed E-state index contributed by atoms with van der Waals surface area (Å²) in [5.74, 6) is 1.05. The normalized spacial score (nSPS) is 15.5. The molecule has 0 saturated carbocycles. The average molecular weight is 371 g/mol. The summed E-state index contributed by atoms with van der Waals surface area (Å²) >= 11 is 4.63. The third-order valence-corrected chi connectivity index (χ3v) is 6.39. The van der Waals surface area contributed by atoms with Gasteiger partial charge in [-0.3, -0.25) is 10.6 Å². The standard InChI is InChI=1S/C14H19N5OS3/c20-12(15-11-5-4-9-21-11)16-13-17-18-14(23-13)22-10-8-19-6-2-1-3-7-19/h4-5,9H,1-3,6-8,10H2,(H2,15,16,17,20)/p+1. The second kappa shape index (κ2) is 8.62. The Balaban J connectivity index is 1.39. The fraction of sp³-hybridized carbons (Fsp3) is 0.500. The van der Waals surface area contributed by atoms with Gasteiger partial charge in [-0.05, 0) is 36.8 Å². The van der Waals surface area contributed by atoms with Crippen LogP contribution in [0, 0.1) is 0 Å². The quantitative estimate of drug-likeness (QED) is 0.539. The number of anilines is 2. The first kappa shape index (κ1) is 16.7. The Bertz CT molecular complexity index is 610. The van der Waals surface area contributed by atoms with Crippen LogP contribution in [0.3, 0.4) is 0 Å². The minimum absolute atomic E-state index is 0.280. The van der Waals surface area contributed by atoms with Crippen LogP contribution in [0.2, 0.25) is 0 Å². The lowest BCUT2D eigenvalue weighted by Gasteiger charge is -2.22. The van der Waals surface area contributed by atoms with E-state index in [1.165, 1.54) is 61.6 Å². The lowest BCUT2D eigenvalue weighted by Crippen LogP contribution is -3.13. The molecule has 23 heavy (non-hydrogen) atoms. The van der Waals surface area contributed by atoms with Gasteiger partial charge in [0, 0.05) is 5.75 Å². The number of amides is 2. The van der Waals surface area contributed by atoms with Crippen LogP contribution < -0.4 is 15.5 Å². The van der Waals surface area contributed by atoms with Gasteiger partial charge in [-0.2, -0.15) is 0 Å². The monoisotopic (exact) mass is 370 g/mol. The fourth-order valence-corrected chi connectivity index (χ4v) is 4.96. The number of nitrogens with one attached hydrogen (secondary N) is 3. The molecule has 0 spiro atoms. The van der Waals surface area contributed by atoms with E-state index in [2.05, 4.69) is 20.8 Å². The topological polar surface area (TPSA) is 71.3 Å². The molecule has 0 aromatic carbocycles. The molecule has 9 heteroatoms. The molecule has 0 aliphatic carbocycles. The molecular weight excluding hydrogens is 350 g/mol. The number of piperidine rings is 1. The van der Waals surface area contributed by atoms with Crippen LogP contribution in [0.5, 0.6) is 0 Å². The predicted octanol–water partition coefficient (Wildman–Crippen LogP) is 2.40. The first-order valence-corrected chi connectivity index (χ1v) is 10.4. The van der Waals surface area contributed by atoms with E-state index in [0.717, 1.165) is 15.1 Å². The highest BCUT2D eigenvalue weighted by molar-refractivity contribution is 8.01. The van der Waals surface area contributed by atoms with Crippen LogP contribution >= 0.6 is 34.4 Å². The second-order valence-corrected chi connectivity index (χ2v) is 8.61. The molecule has 3 N–H and O–H groups in total. The number of aromatic nitrogens is 2. The Labute approximate surface area is 147 Å². The lowest BCUT2D eigenvalue weighted by atomic mass is 10.1. The summed E-state index contributed by atoms with van der Waals surface area (Å²) in [5, 5.41) is 16.9. The highest BCUT2D eigenvalue weighted by Crippen LogP contribution is 2.25. The third kappa shape index (κ3) is 5.45. The molecule has 0 bridgehead atoms. The Morgan fingerprint density at radius 2 is 2.13 bits per heavy atom. The molecule has 124 valence electrons. The van der Waals surface area contributed by atoms with Crippen molar-refractivity contribution < 1.29 is 9.69 Å². The summed E-state index contributed by atoms with van der Waals surface area (Å²) in [6.07, 6.45) is 4.09. The van der Waals surface area contributed by atoms with Crippen LogP contribution in [0.1, 0.15) is 19.3 Å². The van der Waals surface area contributed by atoms with E-state index in [0.29, 0.717) is 5.13 Å². The molecule has 1 aliphatic heterocycles. The fourth-order valence-electron chi connectivity index (χ4n) is 2.49. The minimum atomic E-state index is -0.280. The van der Waals surface area contributed by atoms with Gasteiger partial charge >= 0.3 is 6.03 Å². The van der Waals surface area contributed by atoms with Crippen LogP contribution in [-0.4, -0.2) is 41.6 Å². The summed E-state index contributed by atoms with van der Waals surface area (Å²) < 4.78 is 0.910. The molecule has 6 nitrogen and oxygen atoms in total. The first-order chi connectivity index (χ1) is 11.3. The Morgan fingerprint density at radius 1 is 1.26 bits per heavy atom. The highest BCUT2D eigenvalue weighted by atomic mass is 32.2. The van der Waals surface area contributed by atoms with E-state index in [4.69, 9.17) is 0 Å². The van der Waals surface area contributed by atoms with E-state index < -0.39 is 0 Å². The Kier molecular flexibility index (Phi) is 6.26. The second-order valence-electron chi connectivity index (χ2n) is 5.34.